The van der Waals surface area contributed by atoms with Gasteiger partial charge in [-0.15, -0.1) is 0 Å². The Bertz CT molecular complexity index is 643. The molecular weight excluding hydrogens is 276 g/mol. The second kappa shape index (κ2) is 5.91. The van der Waals surface area contributed by atoms with Crippen molar-refractivity contribution < 1.29 is 18.7 Å². The van der Waals surface area contributed by atoms with Crippen LogP contribution in [0.4, 0.5) is 14.5 Å². The lowest BCUT2D eigenvalue weighted by Gasteiger charge is -2.27. The molecule has 0 aromatic heterocycles. The van der Waals surface area contributed by atoms with Crippen LogP contribution in [0.3, 0.4) is 0 Å². The SMILES string of the molecule is CC(Cc1cccc(F)c1)(Nc1ccc(F)cc1)C(=O)O. The largest absolute Gasteiger partial charge is 0.480 e. The van der Waals surface area contributed by atoms with Crippen molar-refractivity contribution in [3.8, 4) is 0 Å². The summed E-state index contributed by atoms with van der Waals surface area (Å²) in [5.74, 6) is -1.89. The Morgan fingerprint density at radius 3 is 2.38 bits per heavy atom. The first-order valence-corrected chi connectivity index (χ1v) is 6.41. The summed E-state index contributed by atoms with van der Waals surface area (Å²) in [4.78, 5) is 11.6. The van der Waals surface area contributed by atoms with Gasteiger partial charge in [-0.3, -0.25) is 0 Å². The fourth-order valence-corrected chi connectivity index (χ4v) is 2.08. The number of carbonyl (C=O) groups is 1. The van der Waals surface area contributed by atoms with E-state index in [1.165, 1.54) is 49.4 Å². The number of nitrogens with one attached hydrogen (secondary N) is 1. The summed E-state index contributed by atoms with van der Waals surface area (Å²) in [6.07, 6.45) is 0.0947. The zero-order valence-corrected chi connectivity index (χ0v) is 11.4. The zero-order valence-electron chi connectivity index (χ0n) is 11.4. The van der Waals surface area contributed by atoms with Crippen molar-refractivity contribution in [1.82, 2.24) is 0 Å². The van der Waals surface area contributed by atoms with Crippen molar-refractivity contribution in [1.29, 1.82) is 0 Å². The summed E-state index contributed by atoms with van der Waals surface area (Å²) in [6, 6.07) is 11.2. The van der Waals surface area contributed by atoms with Gasteiger partial charge >= 0.3 is 5.97 Å². The highest BCUT2D eigenvalue weighted by Gasteiger charge is 2.33. The van der Waals surface area contributed by atoms with Crippen LogP contribution in [0, 0.1) is 11.6 Å². The maximum atomic E-state index is 13.2. The number of rotatable bonds is 5. The minimum absolute atomic E-state index is 0.0947. The van der Waals surface area contributed by atoms with Crippen LogP contribution in [0.1, 0.15) is 12.5 Å². The average Bonchev–Trinajstić information content (AvgIpc) is 2.41. The molecule has 0 saturated heterocycles. The first-order chi connectivity index (χ1) is 9.89. The highest BCUT2D eigenvalue weighted by atomic mass is 19.1. The lowest BCUT2D eigenvalue weighted by atomic mass is 9.92. The van der Waals surface area contributed by atoms with E-state index < -0.39 is 23.1 Å². The molecule has 0 fully saturated rings. The van der Waals surface area contributed by atoms with E-state index in [0.29, 0.717) is 11.3 Å². The second-order valence-corrected chi connectivity index (χ2v) is 5.08. The Kier molecular flexibility index (Phi) is 4.21. The third-order valence-corrected chi connectivity index (χ3v) is 3.18. The van der Waals surface area contributed by atoms with Gasteiger partial charge in [0.15, 0.2) is 0 Å². The molecule has 0 aliphatic rings. The molecule has 1 unspecified atom stereocenters. The first kappa shape index (κ1) is 15.0. The fourth-order valence-electron chi connectivity index (χ4n) is 2.08. The summed E-state index contributed by atoms with van der Waals surface area (Å²) in [6.45, 7) is 1.50. The number of aliphatic carboxylic acids is 1. The van der Waals surface area contributed by atoms with E-state index in [2.05, 4.69) is 5.32 Å². The molecule has 0 spiro atoms. The molecule has 2 rings (SSSR count). The van der Waals surface area contributed by atoms with E-state index in [1.807, 2.05) is 0 Å². The van der Waals surface area contributed by atoms with Crippen LogP contribution in [0.5, 0.6) is 0 Å². The molecule has 0 aliphatic carbocycles. The van der Waals surface area contributed by atoms with Gasteiger partial charge in [-0.2, -0.15) is 0 Å². The van der Waals surface area contributed by atoms with Gasteiger partial charge in [-0.25, -0.2) is 13.6 Å². The summed E-state index contributed by atoms with van der Waals surface area (Å²) < 4.78 is 26.1. The van der Waals surface area contributed by atoms with E-state index in [4.69, 9.17) is 0 Å². The smallest absolute Gasteiger partial charge is 0.329 e. The first-order valence-electron chi connectivity index (χ1n) is 6.41. The van der Waals surface area contributed by atoms with Crippen molar-refractivity contribution in [3.05, 3.63) is 65.7 Å². The Balaban J connectivity index is 2.23. The van der Waals surface area contributed by atoms with Gasteiger partial charge in [-0.1, -0.05) is 12.1 Å². The highest BCUT2D eigenvalue weighted by molar-refractivity contribution is 5.82. The molecule has 0 aliphatic heterocycles. The third kappa shape index (κ3) is 3.78. The lowest BCUT2D eigenvalue weighted by molar-refractivity contribution is -0.141. The van der Waals surface area contributed by atoms with Gasteiger partial charge in [0.05, 0.1) is 0 Å². The Morgan fingerprint density at radius 2 is 1.81 bits per heavy atom. The molecule has 0 bridgehead atoms. The predicted molar refractivity (Wildman–Crippen MR) is 76.2 cm³/mol. The molecule has 3 nitrogen and oxygen atoms in total. The third-order valence-electron chi connectivity index (χ3n) is 3.18. The Labute approximate surface area is 121 Å². The standard InChI is InChI=1S/C16H15F2NO2/c1-16(15(20)21,10-11-3-2-4-13(18)9-11)19-14-7-5-12(17)6-8-14/h2-9,19H,10H2,1H3,(H,20,21). The van der Waals surface area contributed by atoms with E-state index in [0.717, 1.165) is 0 Å². The molecule has 2 N–H and O–H groups in total. The van der Waals surface area contributed by atoms with Gasteiger partial charge in [0.1, 0.15) is 17.2 Å². The molecule has 0 amide bonds. The number of halogens is 2. The maximum Gasteiger partial charge on any atom is 0.329 e. The van der Waals surface area contributed by atoms with Crippen LogP contribution in [-0.2, 0) is 11.2 Å². The molecule has 2 aromatic carbocycles. The summed E-state index contributed by atoms with van der Waals surface area (Å²) >= 11 is 0. The number of carboxylic acids is 1. The number of anilines is 1. The Hall–Kier alpha value is -2.43. The molecule has 0 radical (unpaired) electrons. The lowest BCUT2D eigenvalue weighted by Crippen LogP contribution is -2.45. The highest BCUT2D eigenvalue weighted by Crippen LogP contribution is 2.21. The van der Waals surface area contributed by atoms with E-state index in [-0.39, 0.29) is 6.42 Å². The van der Waals surface area contributed by atoms with Gasteiger partial charge in [0, 0.05) is 12.1 Å². The molecule has 0 saturated carbocycles. The Morgan fingerprint density at radius 1 is 1.14 bits per heavy atom. The van der Waals surface area contributed by atoms with Crippen molar-refractivity contribution in [2.75, 3.05) is 5.32 Å². The van der Waals surface area contributed by atoms with E-state index in [1.54, 1.807) is 6.07 Å². The predicted octanol–water partition coefficient (Wildman–Crippen LogP) is 3.46. The quantitative estimate of drug-likeness (QED) is 0.887. The summed E-state index contributed by atoms with van der Waals surface area (Å²) in [5.41, 5.74) is -0.279. The zero-order chi connectivity index (χ0) is 15.5. The van der Waals surface area contributed by atoms with Crippen LogP contribution in [0.25, 0.3) is 0 Å². The maximum absolute atomic E-state index is 13.2. The van der Waals surface area contributed by atoms with Crippen LogP contribution in [-0.4, -0.2) is 16.6 Å². The van der Waals surface area contributed by atoms with Gasteiger partial charge in [0.25, 0.3) is 0 Å². The van der Waals surface area contributed by atoms with Crippen molar-refractivity contribution in [2.45, 2.75) is 18.9 Å². The van der Waals surface area contributed by atoms with Crippen LogP contribution >= 0.6 is 0 Å². The van der Waals surface area contributed by atoms with Crippen molar-refractivity contribution in [3.63, 3.8) is 0 Å². The van der Waals surface area contributed by atoms with Crippen molar-refractivity contribution >= 4 is 11.7 Å². The summed E-state index contributed by atoms with van der Waals surface area (Å²) in [5, 5.41) is 12.3. The fraction of sp³-hybridized carbons (Fsp3) is 0.188. The number of hydrogen-bond acceptors (Lipinski definition) is 2. The molecule has 2 aromatic rings. The normalized spacial score (nSPS) is 13.5. The van der Waals surface area contributed by atoms with Crippen LogP contribution in [0.2, 0.25) is 0 Å². The van der Waals surface area contributed by atoms with Gasteiger partial charge in [-0.05, 0) is 48.9 Å². The topological polar surface area (TPSA) is 49.3 Å². The molecule has 1 atom stereocenters. The molecule has 110 valence electrons. The molecule has 0 heterocycles. The second-order valence-electron chi connectivity index (χ2n) is 5.08. The van der Waals surface area contributed by atoms with E-state index >= 15 is 0 Å². The summed E-state index contributed by atoms with van der Waals surface area (Å²) in [7, 11) is 0. The molecule has 5 heteroatoms. The van der Waals surface area contributed by atoms with Crippen LogP contribution in [0.15, 0.2) is 48.5 Å². The van der Waals surface area contributed by atoms with Gasteiger partial charge < -0.3 is 10.4 Å². The monoisotopic (exact) mass is 291 g/mol. The number of carboxylic acid groups (broad SMARTS) is 1. The van der Waals surface area contributed by atoms with Crippen LogP contribution < -0.4 is 5.32 Å². The average molecular weight is 291 g/mol. The number of hydrogen-bond donors (Lipinski definition) is 2. The van der Waals surface area contributed by atoms with Gasteiger partial charge in [0.2, 0.25) is 0 Å². The minimum Gasteiger partial charge on any atom is -0.480 e. The molecule has 21 heavy (non-hydrogen) atoms. The minimum atomic E-state index is -1.33. The number of benzene rings is 2. The van der Waals surface area contributed by atoms with Crippen molar-refractivity contribution in [2.24, 2.45) is 0 Å². The van der Waals surface area contributed by atoms with E-state index in [9.17, 15) is 18.7 Å². The molecular formula is C16H15F2NO2.